The zero-order chi connectivity index (χ0) is 14.2. The number of piperazine rings is 1. The van der Waals surface area contributed by atoms with Gasteiger partial charge < -0.3 is 15.1 Å². The van der Waals surface area contributed by atoms with Crippen LogP contribution in [0.25, 0.3) is 0 Å². The van der Waals surface area contributed by atoms with Crippen molar-refractivity contribution in [3.05, 3.63) is 30.3 Å². The molecule has 0 amide bonds. The van der Waals surface area contributed by atoms with Crippen molar-refractivity contribution in [2.45, 2.75) is 20.3 Å². The van der Waals surface area contributed by atoms with Gasteiger partial charge in [0.2, 0.25) is 0 Å². The van der Waals surface area contributed by atoms with Crippen molar-refractivity contribution >= 4 is 5.69 Å². The average molecular weight is 275 g/mol. The Morgan fingerprint density at radius 1 is 1.05 bits per heavy atom. The third-order valence-electron chi connectivity index (χ3n) is 4.13. The highest BCUT2D eigenvalue weighted by atomic mass is 15.2. The van der Waals surface area contributed by atoms with Crippen LogP contribution in [0.3, 0.4) is 0 Å². The molecule has 2 fully saturated rings. The molecule has 0 radical (unpaired) electrons. The van der Waals surface area contributed by atoms with Crippen LogP contribution in [0.5, 0.6) is 0 Å². The van der Waals surface area contributed by atoms with Gasteiger partial charge in [-0.15, -0.1) is 0 Å². The predicted molar refractivity (Wildman–Crippen MR) is 87.4 cm³/mol. The van der Waals surface area contributed by atoms with Crippen LogP contribution in [0.2, 0.25) is 0 Å². The highest BCUT2D eigenvalue weighted by Crippen LogP contribution is 2.24. The fourth-order valence-corrected chi connectivity index (χ4v) is 3.11. The summed E-state index contributed by atoms with van der Waals surface area (Å²) in [6, 6.07) is 10.8. The highest BCUT2D eigenvalue weighted by molar-refractivity contribution is 5.46. The average Bonchev–Trinajstić information content (AvgIpc) is 3.00. The molecular formula is C17H29N3. The van der Waals surface area contributed by atoms with Crippen molar-refractivity contribution in [2.75, 3.05) is 50.7 Å². The summed E-state index contributed by atoms with van der Waals surface area (Å²) in [5, 5.41) is 3.42. The first-order chi connectivity index (χ1) is 9.92. The highest BCUT2D eigenvalue weighted by Gasteiger charge is 2.24. The number of benzene rings is 1. The van der Waals surface area contributed by atoms with Crippen molar-refractivity contribution in [2.24, 2.45) is 5.92 Å². The number of hydrogen-bond donors (Lipinski definition) is 1. The fraction of sp³-hybridized carbons (Fsp3) is 0.647. The first-order valence-corrected chi connectivity index (χ1v) is 8.15. The summed E-state index contributed by atoms with van der Waals surface area (Å²) in [5.41, 5.74) is 1.39. The van der Waals surface area contributed by atoms with E-state index >= 15 is 0 Å². The largest absolute Gasteiger partial charge is 0.371 e. The van der Waals surface area contributed by atoms with Crippen LogP contribution in [-0.2, 0) is 0 Å². The third-order valence-corrected chi connectivity index (χ3v) is 4.13. The standard InChI is InChI=1S/C15H23N3.C2H6/c1-2-4-15(5-3-1)18-9-6-14(13-18)12-17-10-7-16-8-11-17;1-2/h1-5,14,16H,6-13H2;1-2H3. The first-order valence-electron chi connectivity index (χ1n) is 8.15. The molecule has 2 aliphatic rings. The van der Waals surface area contributed by atoms with E-state index in [0.717, 1.165) is 19.0 Å². The van der Waals surface area contributed by atoms with Crippen LogP contribution in [-0.4, -0.2) is 50.7 Å². The molecule has 0 bridgehead atoms. The van der Waals surface area contributed by atoms with Crippen molar-refractivity contribution in [3.63, 3.8) is 0 Å². The lowest BCUT2D eigenvalue weighted by Gasteiger charge is -2.29. The quantitative estimate of drug-likeness (QED) is 0.914. The number of rotatable bonds is 3. The second kappa shape index (κ2) is 8.28. The second-order valence-electron chi connectivity index (χ2n) is 5.49. The molecule has 1 unspecified atom stereocenters. The minimum atomic E-state index is 0.850. The van der Waals surface area contributed by atoms with Crippen LogP contribution in [0, 0.1) is 5.92 Å². The Balaban J connectivity index is 0.000000704. The lowest BCUT2D eigenvalue weighted by atomic mass is 10.1. The van der Waals surface area contributed by atoms with E-state index in [2.05, 4.69) is 45.4 Å². The molecule has 2 saturated heterocycles. The van der Waals surface area contributed by atoms with Gasteiger partial charge in [-0.05, 0) is 24.5 Å². The summed E-state index contributed by atoms with van der Waals surface area (Å²) in [5.74, 6) is 0.850. The molecule has 2 heterocycles. The van der Waals surface area contributed by atoms with Crippen molar-refractivity contribution in [3.8, 4) is 0 Å². The van der Waals surface area contributed by atoms with Gasteiger partial charge in [0.15, 0.2) is 0 Å². The molecule has 0 saturated carbocycles. The maximum atomic E-state index is 3.42. The van der Waals surface area contributed by atoms with Gasteiger partial charge in [-0.25, -0.2) is 0 Å². The van der Waals surface area contributed by atoms with E-state index < -0.39 is 0 Å². The van der Waals surface area contributed by atoms with E-state index in [0.29, 0.717) is 0 Å². The Bertz CT molecular complexity index is 360. The molecule has 2 aliphatic heterocycles. The lowest BCUT2D eigenvalue weighted by molar-refractivity contribution is 0.212. The number of para-hydroxylation sites is 1. The molecule has 3 nitrogen and oxygen atoms in total. The molecule has 0 aromatic heterocycles. The zero-order valence-corrected chi connectivity index (χ0v) is 13.0. The van der Waals surface area contributed by atoms with Gasteiger partial charge in [0.1, 0.15) is 0 Å². The predicted octanol–water partition coefficient (Wildman–Crippen LogP) is 2.44. The maximum absolute atomic E-state index is 3.42. The van der Waals surface area contributed by atoms with Crippen molar-refractivity contribution in [1.29, 1.82) is 0 Å². The smallest absolute Gasteiger partial charge is 0.0366 e. The summed E-state index contributed by atoms with van der Waals surface area (Å²) in [4.78, 5) is 5.16. The van der Waals surface area contributed by atoms with Crippen LogP contribution >= 0.6 is 0 Å². The number of hydrogen-bond acceptors (Lipinski definition) is 3. The number of nitrogens with one attached hydrogen (secondary N) is 1. The van der Waals surface area contributed by atoms with Gasteiger partial charge in [0.25, 0.3) is 0 Å². The SMILES string of the molecule is CC.c1ccc(N2CCC(CN3CCNCC3)C2)cc1. The van der Waals surface area contributed by atoms with E-state index in [1.807, 2.05) is 13.8 Å². The summed E-state index contributed by atoms with van der Waals surface area (Å²) in [6.07, 6.45) is 1.35. The van der Waals surface area contributed by atoms with E-state index in [1.54, 1.807) is 0 Å². The van der Waals surface area contributed by atoms with Crippen LogP contribution in [0.1, 0.15) is 20.3 Å². The maximum Gasteiger partial charge on any atom is 0.0366 e. The molecule has 20 heavy (non-hydrogen) atoms. The Morgan fingerprint density at radius 2 is 1.75 bits per heavy atom. The van der Waals surface area contributed by atoms with E-state index in [1.165, 1.54) is 44.8 Å². The molecule has 3 rings (SSSR count). The van der Waals surface area contributed by atoms with Crippen LogP contribution in [0.15, 0.2) is 30.3 Å². The Hall–Kier alpha value is -1.06. The first kappa shape index (κ1) is 15.3. The van der Waals surface area contributed by atoms with Crippen LogP contribution < -0.4 is 10.2 Å². The molecule has 3 heteroatoms. The molecule has 1 aromatic carbocycles. The molecule has 1 aromatic rings. The van der Waals surface area contributed by atoms with E-state index in [9.17, 15) is 0 Å². The number of nitrogens with zero attached hydrogens (tertiary/aromatic N) is 2. The van der Waals surface area contributed by atoms with Gasteiger partial charge in [-0.1, -0.05) is 32.0 Å². The molecule has 1 N–H and O–H groups in total. The topological polar surface area (TPSA) is 18.5 Å². The van der Waals surface area contributed by atoms with Gasteiger partial charge in [0, 0.05) is 51.5 Å². The van der Waals surface area contributed by atoms with Gasteiger partial charge in [-0.3, -0.25) is 0 Å². The van der Waals surface area contributed by atoms with E-state index in [4.69, 9.17) is 0 Å². The zero-order valence-electron chi connectivity index (χ0n) is 13.0. The summed E-state index contributed by atoms with van der Waals surface area (Å²) in [7, 11) is 0. The van der Waals surface area contributed by atoms with Gasteiger partial charge in [-0.2, -0.15) is 0 Å². The van der Waals surface area contributed by atoms with E-state index in [-0.39, 0.29) is 0 Å². The second-order valence-corrected chi connectivity index (χ2v) is 5.49. The molecule has 1 atom stereocenters. The Labute approximate surface area is 124 Å². The monoisotopic (exact) mass is 275 g/mol. The van der Waals surface area contributed by atoms with Crippen LogP contribution in [0.4, 0.5) is 5.69 Å². The minimum absolute atomic E-state index is 0.850. The van der Waals surface area contributed by atoms with Crippen molar-refractivity contribution < 1.29 is 0 Å². The molecule has 0 aliphatic carbocycles. The third kappa shape index (κ3) is 4.22. The lowest BCUT2D eigenvalue weighted by Crippen LogP contribution is -2.45. The summed E-state index contributed by atoms with van der Waals surface area (Å²) >= 11 is 0. The minimum Gasteiger partial charge on any atom is -0.371 e. The van der Waals surface area contributed by atoms with Gasteiger partial charge in [0.05, 0.1) is 0 Å². The Morgan fingerprint density at radius 3 is 2.45 bits per heavy atom. The van der Waals surface area contributed by atoms with Gasteiger partial charge >= 0.3 is 0 Å². The van der Waals surface area contributed by atoms with Crippen molar-refractivity contribution in [1.82, 2.24) is 10.2 Å². The summed E-state index contributed by atoms with van der Waals surface area (Å²) < 4.78 is 0. The molecule has 0 spiro atoms. The fourth-order valence-electron chi connectivity index (χ4n) is 3.11. The molecule has 112 valence electrons. The number of anilines is 1. The Kier molecular flexibility index (Phi) is 6.34. The normalized spacial score (nSPS) is 23.3. The summed E-state index contributed by atoms with van der Waals surface area (Å²) in [6.45, 7) is 12.5. The molecular weight excluding hydrogens is 246 g/mol.